The van der Waals surface area contributed by atoms with Crippen LogP contribution in [-0.2, 0) is 16.1 Å². The lowest BCUT2D eigenvalue weighted by atomic mass is 9.95. The minimum atomic E-state index is -1.02. The first-order chi connectivity index (χ1) is 15.5. The SMILES string of the molecule is O=C(/C=C/c1ccco1)C1=C(O)C(=O)N(Cc2cccnc2)C1c1cccc([N+](=O)[O-])c1. The van der Waals surface area contributed by atoms with Crippen molar-refractivity contribution in [3.63, 3.8) is 0 Å². The van der Waals surface area contributed by atoms with Crippen LogP contribution in [0.4, 0.5) is 5.69 Å². The number of aliphatic hydroxyl groups excluding tert-OH is 1. The molecule has 9 heteroatoms. The molecule has 0 aliphatic carbocycles. The van der Waals surface area contributed by atoms with Crippen LogP contribution in [-0.4, -0.2) is 31.6 Å². The number of allylic oxidation sites excluding steroid dienone is 1. The van der Waals surface area contributed by atoms with Gasteiger partial charge in [0, 0.05) is 31.1 Å². The highest BCUT2D eigenvalue weighted by molar-refractivity contribution is 6.14. The lowest BCUT2D eigenvalue weighted by Crippen LogP contribution is -2.30. The molecule has 0 fully saturated rings. The Morgan fingerprint density at radius 1 is 1.25 bits per heavy atom. The molecule has 1 aliphatic rings. The molecule has 0 saturated heterocycles. The summed E-state index contributed by atoms with van der Waals surface area (Å²) in [4.78, 5) is 42.0. The number of hydrogen-bond donors (Lipinski definition) is 1. The van der Waals surface area contributed by atoms with E-state index in [0.29, 0.717) is 16.9 Å². The van der Waals surface area contributed by atoms with Gasteiger partial charge in [-0.1, -0.05) is 18.2 Å². The van der Waals surface area contributed by atoms with E-state index in [1.807, 2.05) is 0 Å². The number of non-ortho nitro benzene ring substituents is 1. The van der Waals surface area contributed by atoms with Crippen LogP contribution in [0.3, 0.4) is 0 Å². The lowest BCUT2D eigenvalue weighted by molar-refractivity contribution is -0.384. The van der Waals surface area contributed by atoms with Gasteiger partial charge in [0.1, 0.15) is 5.76 Å². The number of carbonyl (C=O) groups excluding carboxylic acids is 2. The van der Waals surface area contributed by atoms with Gasteiger partial charge in [-0.25, -0.2) is 0 Å². The first-order valence-corrected chi connectivity index (χ1v) is 9.59. The minimum Gasteiger partial charge on any atom is -0.503 e. The average Bonchev–Trinajstić information content (AvgIpc) is 3.41. The zero-order chi connectivity index (χ0) is 22.7. The Hall–Kier alpha value is -4.53. The zero-order valence-electron chi connectivity index (χ0n) is 16.6. The van der Waals surface area contributed by atoms with Crippen molar-refractivity contribution in [2.24, 2.45) is 0 Å². The summed E-state index contributed by atoms with van der Waals surface area (Å²) in [5.74, 6) is -1.64. The quantitative estimate of drug-likeness (QED) is 0.343. The zero-order valence-corrected chi connectivity index (χ0v) is 16.6. The van der Waals surface area contributed by atoms with Crippen LogP contribution >= 0.6 is 0 Å². The van der Waals surface area contributed by atoms with Gasteiger partial charge < -0.3 is 14.4 Å². The van der Waals surface area contributed by atoms with E-state index in [-0.39, 0.29) is 17.8 Å². The smallest absolute Gasteiger partial charge is 0.290 e. The van der Waals surface area contributed by atoms with Crippen molar-refractivity contribution in [1.29, 1.82) is 0 Å². The predicted octanol–water partition coefficient (Wildman–Crippen LogP) is 3.76. The molecule has 1 unspecified atom stereocenters. The number of aromatic nitrogens is 1. The van der Waals surface area contributed by atoms with Gasteiger partial charge in [0.25, 0.3) is 11.6 Å². The lowest BCUT2D eigenvalue weighted by Gasteiger charge is -2.26. The predicted molar refractivity (Wildman–Crippen MR) is 113 cm³/mol. The monoisotopic (exact) mass is 431 g/mol. The number of carbonyl (C=O) groups is 2. The fraction of sp³-hybridized carbons (Fsp3) is 0.0870. The summed E-state index contributed by atoms with van der Waals surface area (Å²) < 4.78 is 5.17. The Labute approximate surface area is 182 Å². The van der Waals surface area contributed by atoms with E-state index in [1.54, 1.807) is 42.7 Å². The van der Waals surface area contributed by atoms with Crippen molar-refractivity contribution in [1.82, 2.24) is 9.88 Å². The first-order valence-electron chi connectivity index (χ1n) is 9.59. The molecule has 9 nitrogen and oxygen atoms in total. The van der Waals surface area contributed by atoms with Crippen molar-refractivity contribution in [3.05, 3.63) is 112 Å². The number of hydrogen-bond acceptors (Lipinski definition) is 7. The third kappa shape index (κ3) is 4.04. The van der Waals surface area contributed by atoms with Crippen LogP contribution in [0.1, 0.15) is 22.9 Å². The molecule has 0 spiro atoms. The molecule has 2 aromatic heterocycles. The second kappa shape index (κ2) is 8.68. The molecule has 1 amide bonds. The van der Waals surface area contributed by atoms with Crippen LogP contribution in [0, 0.1) is 10.1 Å². The standard InChI is InChI=1S/C23H17N3O6/c27-19(9-8-18-7-3-11-32-18)20-21(16-5-1-6-17(12-16)26(30)31)25(23(29)22(20)28)14-15-4-2-10-24-13-15/h1-13,21,28H,14H2/b9-8+. The highest BCUT2D eigenvalue weighted by Crippen LogP contribution is 2.39. The van der Waals surface area contributed by atoms with Crippen molar-refractivity contribution in [3.8, 4) is 0 Å². The number of aliphatic hydroxyl groups is 1. The first kappa shape index (κ1) is 20.7. The van der Waals surface area contributed by atoms with E-state index in [2.05, 4.69) is 4.98 Å². The number of nitro groups is 1. The van der Waals surface area contributed by atoms with Crippen molar-refractivity contribution in [2.45, 2.75) is 12.6 Å². The Morgan fingerprint density at radius 2 is 2.09 bits per heavy atom. The Kier molecular flexibility index (Phi) is 5.63. The van der Waals surface area contributed by atoms with Gasteiger partial charge in [-0.3, -0.25) is 24.7 Å². The largest absolute Gasteiger partial charge is 0.503 e. The summed E-state index contributed by atoms with van der Waals surface area (Å²) in [6.45, 7) is 0.0444. The molecule has 3 aromatic rings. The third-order valence-electron chi connectivity index (χ3n) is 4.98. The molecule has 1 N–H and O–H groups in total. The molecule has 1 aliphatic heterocycles. The van der Waals surface area contributed by atoms with E-state index in [0.717, 1.165) is 0 Å². The minimum absolute atomic E-state index is 0.0444. The molecular formula is C23H17N3O6. The highest BCUT2D eigenvalue weighted by atomic mass is 16.6. The molecule has 1 atom stereocenters. The third-order valence-corrected chi connectivity index (χ3v) is 4.98. The molecule has 0 saturated carbocycles. The van der Waals surface area contributed by atoms with Gasteiger partial charge in [-0.15, -0.1) is 0 Å². The molecule has 3 heterocycles. The number of benzene rings is 1. The van der Waals surface area contributed by atoms with Gasteiger partial charge in [0.05, 0.1) is 22.8 Å². The van der Waals surface area contributed by atoms with Crippen LogP contribution in [0.2, 0.25) is 0 Å². The van der Waals surface area contributed by atoms with E-state index >= 15 is 0 Å². The van der Waals surface area contributed by atoms with Gasteiger partial charge in [-0.05, 0) is 41.5 Å². The average molecular weight is 431 g/mol. The number of nitrogens with zero attached hydrogens (tertiary/aromatic N) is 3. The summed E-state index contributed by atoms with van der Waals surface area (Å²) in [5.41, 5.74) is 0.641. The van der Waals surface area contributed by atoms with Gasteiger partial charge >= 0.3 is 0 Å². The van der Waals surface area contributed by atoms with Crippen LogP contribution < -0.4 is 0 Å². The Morgan fingerprint density at radius 3 is 2.78 bits per heavy atom. The van der Waals surface area contributed by atoms with E-state index in [1.165, 1.54) is 41.5 Å². The maximum absolute atomic E-state index is 13.0. The fourth-order valence-corrected chi connectivity index (χ4v) is 3.55. The van der Waals surface area contributed by atoms with Crippen LogP contribution in [0.15, 0.2) is 89.0 Å². The molecule has 4 rings (SSSR count). The van der Waals surface area contributed by atoms with Crippen molar-refractivity contribution >= 4 is 23.5 Å². The number of rotatable bonds is 7. The summed E-state index contributed by atoms with van der Waals surface area (Å²) in [6, 6.07) is 11.4. The number of ketones is 1. The molecule has 0 radical (unpaired) electrons. The number of furan rings is 1. The normalized spacial score (nSPS) is 16.2. The van der Waals surface area contributed by atoms with Gasteiger partial charge in [0.2, 0.25) is 0 Å². The second-order valence-corrected chi connectivity index (χ2v) is 7.02. The molecular weight excluding hydrogens is 414 g/mol. The highest BCUT2D eigenvalue weighted by Gasteiger charge is 2.43. The van der Waals surface area contributed by atoms with E-state index < -0.39 is 28.4 Å². The Balaban J connectivity index is 1.77. The summed E-state index contributed by atoms with van der Waals surface area (Å²) in [6.07, 6.45) is 7.20. The van der Waals surface area contributed by atoms with Gasteiger partial charge in [-0.2, -0.15) is 0 Å². The van der Waals surface area contributed by atoms with Crippen LogP contribution in [0.5, 0.6) is 0 Å². The van der Waals surface area contributed by atoms with E-state index in [9.17, 15) is 24.8 Å². The van der Waals surface area contributed by atoms with E-state index in [4.69, 9.17) is 4.42 Å². The Bertz CT molecular complexity index is 1230. The number of nitro benzene ring substituents is 1. The number of amides is 1. The summed E-state index contributed by atoms with van der Waals surface area (Å²) in [7, 11) is 0. The molecule has 1 aromatic carbocycles. The molecule has 32 heavy (non-hydrogen) atoms. The van der Waals surface area contributed by atoms with Crippen molar-refractivity contribution in [2.75, 3.05) is 0 Å². The molecule has 160 valence electrons. The summed E-state index contributed by atoms with van der Waals surface area (Å²) >= 11 is 0. The number of pyridine rings is 1. The maximum Gasteiger partial charge on any atom is 0.290 e. The maximum atomic E-state index is 13.0. The fourth-order valence-electron chi connectivity index (χ4n) is 3.55. The van der Waals surface area contributed by atoms with Crippen LogP contribution in [0.25, 0.3) is 6.08 Å². The second-order valence-electron chi connectivity index (χ2n) is 7.02. The van der Waals surface area contributed by atoms with Gasteiger partial charge in [0.15, 0.2) is 11.5 Å². The summed E-state index contributed by atoms with van der Waals surface area (Å²) in [5, 5.41) is 21.9. The molecule has 0 bridgehead atoms. The topological polar surface area (TPSA) is 127 Å². The van der Waals surface area contributed by atoms with Crippen molar-refractivity contribution < 1.29 is 24.0 Å².